The average Bonchev–Trinajstić information content (AvgIpc) is 3.27. The molecule has 5 unspecified atom stereocenters. The molecule has 0 aliphatic carbocycles. The third-order valence-electron chi connectivity index (χ3n) is 5.91. The molecular formula is C21H37N7O7. The van der Waals surface area contributed by atoms with Crippen LogP contribution in [0.3, 0.4) is 0 Å². The third-order valence-corrected chi connectivity index (χ3v) is 5.91. The van der Waals surface area contributed by atoms with Crippen LogP contribution < -0.4 is 27.8 Å². The van der Waals surface area contributed by atoms with Crippen LogP contribution in [0.1, 0.15) is 52.4 Å². The molecule has 0 spiro atoms. The zero-order chi connectivity index (χ0) is 26.7. The monoisotopic (exact) mass is 499 g/mol. The van der Waals surface area contributed by atoms with Gasteiger partial charge in [0.05, 0.1) is 12.5 Å². The standard InChI is InChI=1S/C21H37N7O7/c1-3-11(2)16(20(34)35)27-17(31)13(6-4-8-25-21(23)24)26-18(32)14-7-5-9-28(14)19(33)12(22)10-15(29)30/h11-14,16H,3-10,22H2,1-2H3,(H,26,32)(H,27,31)(H,29,30)(H,34,35)(H4,23,24,25). The van der Waals surface area contributed by atoms with Crippen molar-refractivity contribution in [3.8, 4) is 0 Å². The third kappa shape index (κ3) is 9.39. The predicted octanol–water partition coefficient (Wildman–Crippen LogP) is -2.07. The number of carbonyl (C=O) groups is 5. The lowest BCUT2D eigenvalue weighted by Gasteiger charge is -2.29. The number of carboxylic acid groups (broad SMARTS) is 2. The van der Waals surface area contributed by atoms with Crippen LogP contribution in [0.5, 0.6) is 0 Å². The maximum absolute atomic E-state index is 13.0. The smallest absolute Gasteiger partial charge is 0.326 e. The summed E-state index contributed by atoms with van der Waals surface area (Å²) in [5.74, 6) is -4.88. The van der Waals surface area contributed by atoms with Crippen molar-refractivity contribution < 1.29 is 34.2 Å². The van der Waals surface area contributed by atoms with E-state index in [4.69, 9.17) is 22.3 Å². The van der Waals surface area contributed by atoms with Gasteiger partial charge in [0, 0.05) is 13.1 Å². The molecule has 0 aromatic carbocycles. The molecule has 0 aromatic heterocycles. The summed E-state index contributed by atoms with van der Waals surface area (Å²) in [5.41, 5.74) is 16.3. The van der Waals surface area contributed by atoms with Gasteiger partial charge < -0.3 is 42.9 Å². The van der Waals surface area contributed by atoms with Gasteiger partial charge in [-0.15, -0.1) is 0 Å². The van der Waals surface area contributed by atoms with Gasteiger partial charge in [-0.1, -0.05) is 20.3 Å². The summed E-state index contributed by atoms with van der Waals surface area (Å²) < 4.78 is 0. The molecule has 1 aliphatic rings. The Bertz CT molecular complexity index is 816. The van der Waals surface area contributed by atoms with Gasteiger partial charge in [0.1, 0.15) is 18.1 Å². The molecule has 1 heterocycles. The molecule has 10 N–H and O–H groups in total. The largest absolute Gasteiger partial charge is 0.481 e. The Morgan fingerprint density at radius 3 is 2.34 bits per heavy atom. The van der Waals surface area contributed by atoms with Gasteiger partial charge in [0.25, 0.3) is 0 Å². The zero-order valence-electron chi connectivity index (χ0n) is 20.1. The number of carboxylic acids is 2. The number of aliphatic carboxylic acids is 2. The molecule has 1 fully saturated rings. The Labute approximate surface area is 203 Å². The summed E-state index contributed by atoms with van der Waals surface area (Å²) in [7, 11) is 0. The summed E-state index contributed by atoms with van der Waals surface area (Å²) in [6.07, 6.45) is 1.17. The second-order valence-electron chi connectivity index (χ2n) is 8.61. The first kappa shape index (κ1) is 29.6. The maximum Gasteiger partial charge on any atom is 0.326 e. The molecule has 0 saturated carbocycles. The maximum atomic E-state index is 13.0. The molecular weight excluding hydrogens is 462 g/mol. The highest BCUT2D eigenvalue weighted by Crippen LogP contribution is 2.19. The number of likely N-dealkylation sites (tertiary alicyclic amines) is 1. The molecule has 3 amide bonds. The van der Waals surface area contributed by atoms with Crippen molar-refractivity contribution in [3.05, 3.63) is 0 Å². The first-order valence-electron chi connectivity index (χ1n) is 11.6. The second-order valence-corrected chi connectivity index (χ2v) is 8.61. The Morgan fingerprint density at radius 2 is 1.80 bits per heavy atom. The molecule has 198 valence electrons. The second kappa shape index (κ2) is 14.1. The van der Waals surface area contributed by atoms with Crippen molar-refractivity contribution in [3.63, 3.8) is 0 Å². The SMILES string of the molecule is CCC(C)C(NC(=O)C(CCCN=C(N)N)NC(=O)C1CCCN1C(=O)C(N)CC(=O)O)C(=O)O. The quantitative estimate of drug-likeness (QED) is 0.0781. The molecule has 1 aliphatic heterocycles. The average molecular weight is 500 g/mol. The van der Waals surface area contributed by atoms with Crippen LogP contribution in [-0.4, -0.2) is 88.0 Å². The number of aliphatic imine (C=N–C) groups is 1. The molecule has 14 heteroatoms. The van der Waals surface area contributed by atoms with Gasteiger partial charge in [0.2, 0.25) is 17.7 Å². The number of guanidine groups is 1. The van der Waals surface area contributed by atoms with Gasteiger partial charge in [-0.2, -0.15) is 0 Å². The van der Waals surface area contributed by atoms with Gasteiger partial charge in [-0.05, 0) is 31.6 Å². The number of nitrogens with zero attached hydrogens (tertiary/aromatic N) is 2. The minimum atomic E-state index is -1.30. The lowest BCUT2D eigenvalue weighted by atomic mass is 9.98. The summed E-state index contributed by atoms with van der Waals surface area (Å²) >= 11 is 0. The van der Waals surface area contributed by atoms with E-state index < -0.39 is 60.2 Å². The van der Waals surface area contributed by atoms with Gasteiger partial charge >= 0.3 is 11.9 Å². The Morgan fingerprint density at radius 1 is 1.14 bits per heavy atom. The molecule has 14 nitrogen and oxygen atoms in total. The van der Waals surface area contributed by atoms with E-state index in [9.17, 15) is 29.1 Å². The molecule has 0 aromatic rings. The first-order chi connectivity index (χ1) is 16.4. The van der Waals surface area contributed by atoms with Gasteiger partial charge in [-0.25, -0.2) is 4.79 Å². The highest BCUT2D eigenvalue weighted by molar-refractivity contribution is 5.95. The van der Waals surface area contributed by atoms with Crippen molar-refractivity contribution in [2.24, 2.45) is 28.1 Å². The fraction of sp³-hybridized carbons (Fsp3) is 0.714. The summed E-state index contributed by atoms with van der Waals surface area (Å²) in [6.45, 7) is 3.89. The summed E-state index contributed by atoms with van der Waals surface area (Å²) in [6, 6.07) is -4.48. The van der Waals surface area contributed by atoms with Crippen molar-refractivity contribution in [1.29, 1.82) is 0 Å². The number of nitrogens with two attached hydrogens (primary N) is 3. The van der Waals surface area contributed by atoms with E-state index in [1.807, 2.05) is 0 Å². The summed E-state index contributed by atoms with van der Waals surface area (Å²) in [5, 5.41) is 23.5. The van der Waals surface area contributed by atoms with Crippen LogP contribution >= 0.6 is 0 Å². The van der Waals surface area contributed by atoms with E-state index in [2.05, 4.69) is 15.6 Å². The minimum absolute atomic E-state index is 0.112. The molecule has 0 radical (unpaired) electrons. The van der Waals surface area contributed by atoms with Crippen molar-refractivity contribution in [2.45, 2.75) is 76.5 Å². The van der Waals surface area contributed by atoms with Crippen molar-refractivity contribution >= 4 is 35.6 Å². The topological polar surface area (TPSA) is 244 Å². The first-order valence-corrected chi connectivity index (χ1v) is 11.6. The molecule has 35 heavy (non-hydrogen) atoms. The lowest BCUT2D eigenvalue weighted by Crippen LogP contribution is -2.57. The Hall–Kier alpha value is -3.42. The van der Waals surface area contributed by atoms with Gasteiger partial charge in [0.15, 0.2) is 5.96 Å². The van der Waals surface area contributed by atoms with Crippen LogP contribution in [-0.2, 0) is 24.0 Å². The number of nitrogens with one attached hydrogen (secondary N) is 2. The fourth-order valence-electron chi connectivity index (χ4n) is 3.77. The van der Waals surface area contributed by atoms with Crippen LogP contribution in [0.4, 0.5) is 0 Å². The number of hydrogen-bond acceptors (Lipinski definition) is 7. The van der Waals surface area contributed by atoms with Crippen LogP contribution in [0.2, 0.25) is 0 Å². The zero-order valence-corrected chi connectivity index (χ0v) is 20.1. The van der Waals surface area contributed by atoms with E-state index in [1.165, 1.54) is 4.90 Å². The minimum Gasteiger partial charge on any atom is -0.481 e. The van der Waals surface area contributed by atoms with E-state index in [0.717, 1.165) is 0 Å². The lowest BCUT2D eigenvalue weighted by molar-refractivity contribution is -0.145. The van der Waals surface area contributed by atoms with E-state index >= 15 is 0 Å². The number of rotatable bonds is 14. The van der Waals surface area contributed by atoms with Gasteiger partial charge in [-0.3, -0.25) is 24.2 Å². The number of hydrogen-bond donors (Lipinski definition) is 7. The predicted molar refractivity (Wildman–Crippen MR) is 126 cm³/mol. The Kier molecular flexibility index (Phi) is 11.9. The van der Waals surface area contributed by atoms with Crippen LogP contribution in [0, 0.1) is 5.92 Å². The Balaban J connectivity index is 2.99. The van der Waals surface area contributed by atoms with E-state index in [0.29, 0.717) is 25.7 Å². The van der Waals surface area contributed by atoms with Crippen LogP contribution in [0.15, 0.2) is 4.99 Å². The molecule has 5 atom stereocenters. The normalized spacial score (nSPS) is 18.6. The highest BCUT2D eigenvalue weighted by Gasteiger charge is 2.38. The highest BCUT2D eigenvalue weighted by atomic mass is 16.4. The van der Waals surface area contributed by atoms with E-state index in [-0.39, 0.29) is 31.4 Å². The number of carbonyl (C=O) groups excluding carboxylic acids is 3. The molecule has 1 rings (SSSR count). The van der Waals surface area contributed by atoms with E-state index in [1.54, 1.807) is 13.8 Å². The van der Waals surface area contributed by atoms with Crippen molar-refractivity contribution in [1.82, 2.24) is 15.5 Å². The van der Waals surface area contributed by atoms with Crippen LogP contribution in [0.25, 0.3) is 0 Å². The fourth-order valence-corrected chi connectivity index (χ4v) is 3.77. The van der Waals surface area contributed by atoms with Crippen molar-refractivity contribution in [2.75, 3.05) is 13.1 Å². The molecule has 1 saturated heterocycles. The molecule has 0 bridgehead atoms. The summed E-state index contributed by atoms with van der Waals surface area (Å²) in [4.78, 5) is 66.2. The number of amides is 3.